The summed E-state index contributed by atoms with van der Waals surface area (Å²) in [4.78, 5) is 21.9. The second-order valence-corrected chi connectivity index (χ2v) is 10.8. The molecule has 0 unspecified atom stereocenters. The lowest BCUT2D eigenvalue weighted by Crippen LogP contribution is -2.34. The Morgan fingerprint density at radius 2 is 1.82 bits per heavy atom. The fraction of sp³-hybridized carbons (Fsp3) is 0.400. The van der Waals surface area contributed by atoms with Gasteiger partial charge in [0.1, 0.15) is 5.82 Å². The fourth-order valence-corrected chi connectivity index (χ4v) is 5.10. The van der Waals surface area contributed by atoms with Crippen LogP contribution in [0.15, 0.2) is 53.7 Å². The highest BCUT2D eigenvalue weighted by molar-refractivity contribution is 7.90. The lowest BCUT2D eigenvalue weighted by Gasteiger charge is -2.28. The van der Waals surface area contributed by atoms with Gasteiger partial charge in [0.15, 0.2) is 9.84 Å². The van der Waals surface area contributed by atoms with E-state index in [1.807, 2.05) is 24.5 Å². The minimum atomic E-state index is -3.24. The van der Waals surface area contributed by atoms with Crippen LogP contribution in [0.2, 0.25) is 0 Å². The zero-order valence-electron chi connectivity index (χ0n) is 19.5. The number of hydrogen-bond acceptors (Lipinski definition) is 7. The molecule has 9 heteroatoms. The number of benzene rings is 1. The first kappa shape index (κ1) is 24.1. The summed E-state index contributed by atoms with van der Waals surface area (Å²) in [7, 11) is -1.61. The first-order chi connectivity index (χ1) is 16.3. The number of carbonyl (C=O) groups is 1. The van der Waals surface area contributed by atoms with Crippen LogP contribution in [-0.2, 0) is 19.4 Å². The predicted octanol–water partition coefficient (Wildman–Crippen LogP) is 3.81. The molecule has 0 aliphatic heterocycles. The molecule has 2 N–H and O–H groups in total. The van der Waals surface area contributed by atoms with E-state index in [4.69, 9.17) is 9.72 Å². The first-order valence-electron chi connectivity index (χ1n) is 11.4. The van der Waals surface area contributed by atoms with Gasteiger partial charge in [0.05, 0.1) is 17.2 Å². The Kier molecular flexibility index (Phi) is 7.43. The molecule has 180 valence electrons. The van der Waals surface area contributed by atoms with Crippen molar-refractivity contribution in [2.45, 2.75) is 36.5 Å². The molecule has 2 heterocycles. The summed E-state index contributed by atoms with van der Waals surface area (Å²) < 4.78 is 28.4. The van der Waals surface area contributed by atoms with E-state index < -0.39 is 9.84 Å². The second kappa shape index (κ2) is 10.5. The van der Waals surface area contributed by atoms with Gasteiger partial charge in [-0.1, -0.05) is 0 Å². The fourth-order valence-electron chi connectivity index (χ4n) is 4.46. The van der Waals surface area contributed by atoms with Crippen molar-refractivity contribution in [3.05, 3.63) is 54.5 Å². The number of hydrogen-bond donors (Lipinski definition) is 2. The summed E-state index contributed by atoms with van der Waals surface area (Å²) in [6, 6.07) is 10.6. The van der Waals surface area contributed by atoms with E-state index in [0.29, 0.717) is 19.0 Å². The minimum absolute atomic E-state index is 0.0388. The van der Waals surface area contributed by atoms with Crippen LogP contribution < -0.4 is 10.6 Å². The second-order valence-electron chi connectivity index (χ2n) is 8.74. The van der Waals surface area contributed by atoms with Gasteiger partial charge in [0.25, 0.3) is 0 Å². The summed E-state index contributed by atoms with van der Waals surface area (Å²) in [5.74, 6) is 1.10. The maximum atomic E-state index is 12.4. The number of nitrogens with zero attached hydrogens (tertiary/aromatic N) is 2. The molecule has 2 aromatic heterocycles. The number of aromatic nitrogens is 2. The smallest absolute Gasteiger partial charge is 0.223 e. The van der Waals surface area contributed by atoms with Gasteiger partial charge in [-0.2, -0.15) is 0 Å². The van der Waals surface area contributed by atoms with Crippen molar-refractivity contribution < 1.29 is 17.9 Å². The predicted molar refractivity (Wildman–Crippen MR) is 132 cm³/mol. The van der Waals surface area contributed by atoms with Gasteiger partial charge in [-0.25, -0.2) is 13.4 Å². The molecule has 4 rings (SSSR count). The van der Waals surface area contributed by atoms with Gasteiger partial charge >= 0.3 is 0 Å². The number of fused-ring (bicyclic) bond motifs is 1. The van der Waals surface area contributed by atoms with Crippen molar-refractivity contribution >= 4 is 38.0 Å². The largest absolute Gasteiger partial charge is 0.383 e. The quantitative estimate of drug-likeness (QED) is 0.470. The number of sulfone groups is 1. The van der Waals surface area contributed by atoms with Crippen LogP contribution in [0, 0.1) is 5.92 Å². The Morgan fingerprint density at radius 3 is 2.50 bits per heavy atom. The average molecular weight is 483 g/mol. The molecular formula is C25H30N4O4S. The highest BCUT2D eigenvalue weighted by atomic mass is 32.2. The van der Waals surface area contributed by atoms with E-state index in [1.54, 1.807) is 31.4 Å². The van der Waals surface area contributed by atoms with E-state index >= 15 is 0 Å². The number of rotatable bonds is 8. The maximum Gasteiger partial charge on any atom is 0.223 e. The number of methoxy groups -OCH3 is 1. The van der Waals surface area contributed by atoms with Crippen LogP contribution in [0.25, 0.3) is 10.8 Å². The van der Waals surface area contributed by atoms with E-state index in [1.165, 1.54) is 6.26 Å². The number of anilines is 2. The zero-order valence-corrected chi connectivity index (χ0v) is 20.3. The minimum Gasteiger partial charge on any atom is -0.383 e. The normalized spacial score (nSPS) is 18.5. The van der Waals surface area contributed by atoms with Gasteiger partial charge in [-0.15, -0.1) is 0 Å². The standard InChI is InChI=1S/C25H30N4O4S/c1-33-14-13-27-25(30)18-5-3-17(4-6-18)24-22-15-23(28-16-19(22)11-12-26-24)29-20-7-9-21(10-8-20)34(2,31)32/h7-12,15-18H,3-6,13-14H2,1-2H3,(H,27,30)(H,28,29). The van der Waals surface area contributed by atoms with Gasteiger partial charge < -0.3 is 15.4 Å². The highest BCUT2D eigenvalue weighted by Gasteiger charge is 2.28. The molecule has 0 radical (unpaired) electrons. The Hall–Kier alpha value is -3.04. The Morgan fingerprint density at radius 1 is 1.09 bits per heavy atom. The van der Waals surface area contributed by atoms with Crippen LogP contribution in [0.3, 0.4) is 0 Å². The Bertz CT molecular complexity index is 1250. The third kappa shape index (κ3) is 5.71. The van der Waals surface area contributed by atoms with Gasteiger partial charge in [-0.05, 0) is 62.1 Å². The van der Waals surface area contributed by atoms with Crippen molar-refractivity contribution in [3.63, 3.8) is 0 Å². The maximum absolute atomic E-state index is 12.4. The number of nitrogens with one attached hydrogen (secondary N) is 2. The number of ether oxygens (including phenoxy) is 1. The molecule has 0 saturated heterocycles. The van der Waals surface area contributed by atoms with Crippen LogP contribution >= 0.6 is 0 Å². The summed E-state index contributed by atoms with van der Waals surface area (Å²) >= 11 is 0. The molecule has 3 aromatic rings. The van der Waals surface area contributed by atoms with Gasteiger partial charge in [-0.3, -0.25) is 9.78 Å². The molecule has 1 fully saturated rings. The Labute approximate surface area is 200 Å². The van der Waals surface area contributed by atoms with Crippen molar-refractivity contribution in [1.82, 2.24) is 15.3 Å². The molecule has 1 saturated carbocycles. The molecule has 0 spiro atoms. The van der Waals surface area contributed by atoms with Crippen molar-refractivity contribution in [2.75, 3.05) is 31.8 Å². The molecule has 8 nitrogen and oxygen atoms in total. The lowest BCUT2D eigenvalue weighted by atomic mass is 9.79. The summed E-state index contributed by atoms with van der Waals surface area (Å²) in [5, 5.41) is 8.26. The highest BCUT2D eigenvalue weighted by Crippen LogP contribution is 2.38. The first-order valence-corrected chi connectivity index (χ1v) is 13.3. The summed E-state index contributed by atoms with van der Waals surface area (Å²) in [6.45, 7) is 1.06. The van der Waals surface area contributed by atoms with Crippen molar-refractivity contribution in [3.8, 4) is 0 Å². The summed E-state index contributed by atoms with van der Waals surface area (Å²) in [6.07, 6.45) is 8.33. The third-order valence-electron chi connectivity index (χ3n) is 6.32. The molecular weight excluding hydrogens is 452 g/mol. The monoisotopic (exact) mass is 482 g/mol. The van der Waals surface area contributed by atoms with Gasteiger partial charge in [0.2, 0.25) is 5.91 Å². The molecule has 1 aliphatic rings. The third-order valence-corrected chi connectivity index (χ3v) is 7.45. The van der Waals surface area contributed by atoms with Gasteiger partial charge in [0, 0.05) is 60.6 Å². The Balaban J connectivity index is 1.48. The molecule has 1 aliphatic carbocycles. The SMILES string of the molecule is COCCNC(=O)C1CCC(c2nccc3cnc(Nc4ccc(S(C)(=O)=O)cc4)cc23)CC1. The van der Waals surface area contributed by atoms with E-state index in [-0.39, 0.29) is 22.6 Å². The number of amides is 1. The van der Waals surface area contributed by atoms with E-state index in [9.17, 15) is 13.2 Å². The van der Waals surface area contributed by atoms with Crippen LogP contribution in [-0.4, -0.2) is 50.8 Å². The molecule has 34 heavy (non-hydrogen) atoms. The molecule has 0 bridgehead atoms. The van der Waals surface area contributed by atoms with Crippen molar-refractivity contribution in [2.24, 2.45) is 5.92 Å². The summed E-state index contributed by atoms with van der Waals surface area (Å²) in [5.41, 5.74) is 1.79. The van der Waals surface area contributed by atoms with Crippen molar-refractivity contribution in [1.29, 1.82) is 0 Å². The van der Waals surface area contributed by atoms with E-state index in [0.717, 1.165) is 47.8 Å². The van der Waals surface area contributed by atoms with Crippen LogP contribution in [0.1, 0.15) is 37.3 Å². The number of pyridine rings is 2. The van der Waals surface area contributed by atoms with Crippen LogP contribution in [0.5, 0.6) is 0 Å². The van der Waals surface area contributed by atoms with E-state index in [2.05, 4.69) is 15.6 Å². The van der Waals surface area contributed by atoms with Crippen LogP contribution in [0.4, 0.5) is 11.5 Å². The molecule has 1 aromatic carbocycles. The molecule has 1 amide bonds. The average Bonchev–Trinajstić information content (AvgIpc) is 2.83. The molecule has 0 atom stereocenters. The zero-order chi connectivity index (χ0) is 24.1. The topological polar surface area (TPSA) is 110 Å². The number of carbonyl (C=O) groups excluding carboxylic acids is 1. The lowest BCUT2D eigenvalue weighted by molar-refractivity contribution is -0.126.